The lowest BCUT2D eigenvalue weighted by Gasteiger charge is -2.19. The predicted octanol–water partition coefficient (Wildman–Crippen LogP) is 4.74. The Morgan fingerprint density at radius 2 is 1.66 bits per heavy atom. The number of amides is 2. The highest BCUT2D eigenvalue weighted by molar-refractivity contribution is 9.10. The number of aromatic nitrogens is 2. The van der Waals surface area contributed by atoms with Gasteiger partial charge in [-0.25, -0.2) is 0 Å². The number of H-pyrrole nitrogens is 1. The van der Waals surface area contributed by atoms with E-state index in [-0.39, 0.29) is 30.2 Å². The quantitative estimate of drug-likeness (QED) is 0.417. The van der Waals surface area contributed by atoms with Gasteiger partial charge in [-0.15, -0.1) is 0 Å². The number of imide groups is 1. The molecule has 32 heavy (non-hydrogen) atoms. The number of rotatable bonds is 4. The van der Waals surface area contributed by atoms with Gasteiger partial charge in [-0.2, -0.15) is 0 Å². The number of aryl methyl sites for hydroxylation is 1. The van der Waals surface area contributed by atoms with Crippen molar-refractivity contribution in [2.24, 2.45) is 7.05 Å². The molecule has 1 fully saturated rings. The van der Waals surface area contributed by atoms with Gasteiger partial charge in [0.25, 0.3) is 5.56 Å². The van der Waals surface area contributed by atoms with Crippen molar-refractivity contribution >= 4 is 44.3 Å². The van der Waals surface area contributed by atoms with E-state index in [2.05, 4.69) is 20.9 Å². The number of nitrogens with zero attached hydrogens (tertiary/aromatic N) is 2. The van der Waals surface area contributed by atoms with Gasteiger partial charge in [0.15, 0.2) is 0 Å². The van der Waals surface area contributed by atoms with Crippen LogP contribution in [-0.2, 0) is 16.6 Å². The summed E-state index contributed by atoms with van der Waals surface area (Å²) in [4.78, 5) is 41.4. The number of pyridine rings is 1. The molecule has 8 heteroatoms. The van der Waals surface area contributed by atoms with Crippen LogP contribution in [0.5, 0.6) is 11.5 Å². The lowest BCUT2D eigenvalue weighted by molar-refractivity contribution is -0.121. The fourth-order valence-corrected chi connectivity index (χ4v) is 4.20. The maximum atomic E-state index is 12.5. The molecule has 0 bridgehead atoms. The SMILES string of the molecule is Cn1cc(-c2cc(N3C(=O)CCC3=O)ccc2Oc2ccc(Br)cc2)c2cc[nH]c2c1=O. The standard InChI is InChI=1S/C24H18BrN3O4/c1-27-13-19(17-10-11-26-23(17)24(27)31)18-12-15(28-21(29)8-9-22(28)30)4-7-20(18)32-16-5-2-14(25)3-6-16/h2-7,10-13,26H,8-9H2,1H3. The van der Waals surface area contributed by atoms with Crippen LogP contribution in [0.15, 0.2) is 70.2 Å². The molecular weight excluding hydrogens is 474 g/mol. The molecule has 3 heterocycles. The van der Waals surface area contributed by atoms with E-state index in [1.165, 1.54) is 9.47 Å². The Morgan fingerprint density at radius 3 is 2.38 bits per heavy atom. The molecule has 7 nitrogen and oxygen atoms in total. The number of fused-ring (bicyclic) bond motifs is 1. The van der Waals surface area contributed by atoms with Gasteiger partial charge in [-0.1, -0.05) is 15.9 Å². The fourth-order valence-electron chi connectivity index (χ4n) is 3.93. The van der Waals surface area contributed by atoms with E-state index in [1.54, 1.807) is 37.6 Å². The van der Waals surface area contributed by atoms with Crippen molar-refractivity contribution in [3.05, 3.63) is 75.8 Å². The Labute approximate surface area is 191 Å². The zero-order valence-corrected chi connectivity index (χ0v) is 18.7. The van der Waals surface area contributed by atoms with Crippen molar-refractivity contribution in [1.29, 1.82) is 0 Å². The van der Waals surface area contributed by atoms with Crippen LogP contribution in [0.4, 0.5) is 5.69 Å². The monoisotopic (exact) mass is 491 g/mol. The van der Waals surface area contributed by atoms with E-state index in [9.17, 15) is 14.4 Å². The zero-order valence-electron chi connectivity index (χ0n) is 17.1. The summed E-state index contributed by atoms with van der Waals surface area (Å²) in [5.41, 5.74) is 2.21. The molecule has 1 N–H and O–H groups in total. The van der Waals surface area contributed by atoms with Gasteiger partial charge in [-0.3, -0.25) is 19.3 Å². The minimum Gasteiger partial charge on any atom is -0.457 e. The average molecular weight is 492 g/mol. The van der Waals surface area contributed by atoms with Gasteiger partial charge in [0.2, 0.25) is 11.8 Å². The van der Waals surface area contributed by atoms with Crippen molar-refractivity contribution in [2.75, 3.05) is 4.90 Å². The van der Waals surface area contributed by atoms with Crippen LogP contribution in [0, 0.1) is 0 Å². The van der Waals surface area contributed by atoms with Crippen molar-refractivity contribution in [3.63, 3.8) is 0 Å². The third-order valence-electron chi connectivity index (χ3n) is 5.50. The minimum atomic E-state index is -0.227. The molecule has 0 aliphatic carbocycles. The van der Waals surface area contributed by atoms with Gasteiger partial charge < -0.3 is 14.3 Å². The number of hydrogen-bond donors (Lipinski definition) is 1. The van der Waals surface area contributed by atoms with E-state index in [1.807, 2.05) is 30.3 Å². The summed E-state index contributed by atoms with van der Waals surface area (Å²) in [5.74, 6) is 0.714. The normalized spacial score (nSPS) is 13.9. The van der Waals surface area contributed by atoms with Crippen LogP contribution in [0.3, 0.4) is 0 Å². The number of carbonyl (C=O) groups is 2. The lowest BCUT2D eigenvalue weighted by atomic mass is 10.0. The van der Waals surface area contributed by atoms with Gasteiger partial charge in [0.1, 0.15) is 17.0 Å². The summed E-state index contributed by atoms with van der Waals surface area (Å²) in [5, 5.41) is 0.727. The maximum Gasteiger partial charge on any atom is 0.274 e. The molecule has 0 saturated carbocycles. The number of ether oxygens (including phenoxy) is 1. The predicted molar refractivity (Wildman–Crippen MR) is 125 cm³/mol. The van der Waals surface area contributed by atoms with Crippen molar-refractivity contribution in [2.45, 2.75) is 12.8 Å². The number of anilines is 1. The molecule has 1 aliphatic heterocycles. The molecular formula is C24H18BrN3O4. The topological polar surface area (TPSA) is 84.4 Å². The molecule has 0 spiro atoms. The number of halogens is 1. The highest BCUT2D eigenvalue weighted by Gasteiger charge is 2.31. The van der Waals surface area contributed by atoms with Crippen molar-refractivity contribution in [1.82, 2.24) is 9.55 Å². The summed E-state index contributed by atoms with van der Waals surface area (Å²) in [7, 11) is 1.68. The van der Waals surface area contributed by atoms with Crippen LogP contribution < -0.4 is 15.2 Å². The van der Waals surface area contributed by atoms with Crippen LogP contribution in [0.25, 0.3) is 22.0 Å². The Hall–Kier alpha value is -3.65. The molecule has 2 aromatic carbocycles. The van der Waals surface area contributed by atoms with Crippen molar-refractivity contribution < 1.29 is 14.3 Å². The molecule has 0 radical (unpaired) electrons. The van der Waals surface area contributed by atoms with Crippen LogP contribution in [0.2, 0.25) is 0 Å². The van der Waals surface area contributed by atoms with Gasteiger partial charge >= 0.3 is 0 Å². The summed E-state index contributed by atoms with van der Waals surface area (Å²) in [6, 6.07) is 14.5. The van der Waals surface area contributed by atoms with Crippen molar-refractivity contribution in [3.8, 4) is 22.6 Å². The van der Waals surface area contributed by atoms with Crippen LogP contribution in [-0.4, -0.2) is 21.4 Å². The molecule has 1 saturated heterocycles. The van der Waals surface area contributed by atoms with E-state index in [0.29, 0.717) is 28.3 Å². The first-order valence-electron chi connectivity index (χ1n) is 10.0. The third kappa shape index (κ3) is 3.42. The number of aromatic amines is 1. The molecule has 0 unspecified atom stereocenters. The van der Waals surface area contributed by atoms with Crippen LogP contribution >= 0.6 is 15.9 Å². The second-order valence-corrected chi connectivity index (χ2v) is 8.50. The average Bonchev–Trinajstić information content (AvgIpc) is 3.40. The van der Waals surface area contributed by atoms with E-state index in [4.69, 9.17) is 4.74 Å². The highest BCUT2D eigenvalue weighted by atomic mass is 79.9. The summed E-state index contributed by atoms with van der Waals surface area (Å²) < 4.78 is 8.60. The molecule has 2 amide bonds. The lowest BCUT2D eigenvalue weighted by Crippen LogP contribution is -2.28. The van der Waals surface area contributed by atoms with E-state index >= 15 is 0 Å². The number of carbonyl (C=O) groups excluding carboxylic acids is 2. The first-order valence-corrected chi connectivity index (χ1v) is 10.8. The smallest absolute Gasteiger partial charge is 0.274 e. The molecule has 4 aromatic rings. The maximum absolute atomic E-state index is 12.5. The first kappa shape index (κ1) is 20.3. The van der Waals surface area contributed by atoms with Gasteiger partial charge in [0, 0.05) is 53.3 Å². The number of nitrogens with one attached hydrogen (secondary N) is 1. The summed E-state index contributed by atoms with van der Waals surface area (Å²) in [6.45, 7) is 0. The summed E-state index contributed by atoms with van der Waals surface area (Å²) >= 11 is 3.42. The second kappa shape index (κ2) is 7.80. The minimum absolute atomic E-state index is 0.148. The fraction of sp³-hybridized carbons (Fsp3) is 0.125. The molecule has 160 valence electrons. The molecule has 2 aromatic heterocycles. The molecule has 0 atom stereocenters. The van der Waals surface area contributed by atoms with Gasteiger partial charge in [-0.05, 0) is 48.5 Å². The Bertz CT molecular complexity index is 1420. The van der Waals surface area contributed by atoms with Gasteiger partial charge in [0.05, 0.1) is 5.69 Å². The molecule has 1 aliphatic rings. The Morgan fingerprint density at radius 1 is 0.938 bits per heavy atom. The van der Waals surface area contributed by atoms with E-state index < -0.39 is 0 Å². The third-order valence-corrected chi connectivity index (χ3v) is 6.03. The first-order chi connectivity index (χ1) is 15.4. The highest BCUT2D eigenvalue weighted by Crippen LogP contribution is 2.40. The van der Waals surface area contributed by atoms with E-state index in [0.717, 1.165) is 15.4 Å². The van der Waals surface area contributed by atoms with Crippen LogP contribution in [0.1, 0.15) is 12.8 Å². The number of hydrogen-bond acceptors (Lipinski definition) is 4. The number of benzene rings is 2. The zero-order chi connectivity index (χ0) is 22.4. The summed E-state index contributed by atoms with van der Waals surface area (Å²) in [6.07, 6.45) is 3.85. The molecule has 5 rings (SSSR count). The Kier molecular flexibility index (Phi) is 4.94. The largest absolute Gasteiger partial charge is 0.457 e. The second-order valence-electron chi connectivity index (χ2n) is 7.58. The Balaban J connectivity index is 1.72.